The maximum Gasteiger partial charge on any atom is 0.240 e. The van der Waals surface area contributed by atoms with Gasteiger partial charge in [-0.1, -0.05) is 23.7 Å². The zero-order valence-electron chi connectivity index (χ0n) is 14.1. The molecule has 0 unspecified atom stereocenters. The molecule has 0 atom stereocenters. The fraction of sp³-hybridized carbons (Fsp3) is 0.333. The summed E-state index contributed by atoms with van der Waals surface area (Å²) in [6, 6.07) is 11.4. The number of morpholine rings is 1. The molecule has 1 heterocycles. The summed E-state index contributed by atoms with van der Waals surface area (Å²) in [6.45, 7) is 3.46. The van der Waals surface area contributed by atoms with E-state index in [1.807, 2.05) is 24.3 Å². The normalized spacial score (nSPS) is 15.2. The number of nitrogens with one attached hydrogen (secondary N) is 1. The molecule has 0 amide bonds. The zero-order chi connectivity index (χ0) is 18.6. The molecule has 2 aromatic carbocycles. The van der Waals surface area contributed by atoms with Gasteiger partial charge in [-0.2, -0.15) is 0 Å². The van der Waals surface area contributed by atoms with E-state index in [9.17, 15) is 12.8 Å². The molecule has 1 N–H and O–H groups in total. The second kappa shape index (κ2) is 8.35. The number of benzene rings is 2. The summed E-state index contributed by atoms with van der Waals surface area (Å²) in [4.78, 5) is 2.21. The maximum absolute atomic E-state index is 13.2. The predicted octanol–water partition coefficient (Wildman–Crippen LogP) is 2.84. The van der Waals surface area contributed by atoms with Gasteiger partial charge in [0.25, 0.3) is 0 Å². The van der Waals surface area contributed by atoms with E-state index in [4.69, 9.17) is 16.3 Å². The summed E-state index contributed by atoms with van der Waals surface area (Å²) in [6.07, 6.45) is 0.553. The van der Waals surface area contributed by atoms with Crippen LogP contribution in [0.3, 0.4) is 0 Å². The van der Waals surface area contributed by atoms with E-state index in [0.717, 1.165) is 49.7 Å². The highest BCUT2D eigenvalue weighted by Gasteiger charge is 2.15. The lowest BCUT2D eigenvalue weighted by atomic mass is 10.1. The summed E-state index contributed by atoms with van der Waals surface area (Å²) in [5.41, 5.74) is 2.17. The van der Waals surface area contributed by atoms with E-state index in [2.05, 4.69) is 9.62 Å². The van der Waals surface area contributed by atoms with Gasteiger partial charge in [0, 0.05) is 25.3 Å². The largest absolute Gasteiger partial charge is 0.378 e. The number of rotatable bonds is 6. The molecule has 1 saturated heterocycles. The second-order valence-corrected chi connectivity index (χ2v) is 8.16. The van der Waals surface area contributed by atoms with Crippen molar-refractivity contribution in [1.82, 2.24) is 4.72 Å². The highest BCUT2D eigenvalue weighted by atomic mass is 35.5. The third-order valence-electron chi connectivity index (χ3n) is 4.22. The van der Waals surface area contributed by atoms with Crippen LogP contribution in [0.1, 0.15) is 5.56 Å². The minimum absolute atomic E-state index is 0.0495. The van der Waals surface area contributed by atoms with Crippen LogP contribution in [0.25, 0.3) is 0 Å². The van der Waals surface area contributed by atoms with Crippen LogP contribution in [0, 0.1) is 5.82 Å². The van der Waals surface area contributed by atoms with Crippen LogP contribution < -0.4 is 9.62 Å². The lowest BCUT2D eigenvalue weighted by Crippen LogP contribution is -2.36. The van der Waals surface area contributed by atoms with Gasteiger partial charge in [-0.25, -0.2) is 17.5 Å². The van der Waals surface area contributed by atoms with E-state index in [1.165, 1.54) is 6.07 Å². The molecule has 2 aromatic rings. The van der Waals surface area contributed by atoms with Gasteiger partial charge < -0.3 is 9.64 Å². The van der Waals surface area contributed by atoms with Crippen LogP contribution in [-0.2, 0) is 21.2 Å². The fourth-order valence-corrected chi connectivity index (χ4v) is 4.05. The Morgan fingerprint density at radius 2 is 1.81 bits per heavy atom. The quantitative estimate of drug-likeness (QED) is 0.812. The topological polar surface area (TPSA) is 58.6 Å². The molecule has 0 radical (unpaired) electrons. The van der Waals surface area contributed by atoms with Crippen LogP contribution in [-0.4, -0.2) is 41.3 Å². The van der Waals surface area contributed by atoms with Crippen molar-refractivity contribution in [3.63, 3.8) is 0 Å². The third kappa shape index (κ3) is 4.73. The number of halogens is 2. The summed E-state index contributed by atoms with van der Waals surface area (Å²) in [5, 5.41) is -0.216. The molecule has 1 aliphatic rings. The Morgan fingerprint density at radius 3 is 2.46 bits per heavy atom. The SMILES string of the molecule is O=S(=O)(NCCc1ccc(N2CCOCC2)cc1)c1ccc(F)c(Cl)c1. The summed E-state index contributed by atoms with van der Waals surface area (Å²) in [7, 11) is -3.72. The lowest BCUT2D eigenvalue weighted by molar-refractivity contribution is 0.122. The molecule has 26 heavy (non-hydrogen) atoms. The van der Waals surface area contributed by atoms with Crippen molar-refractivity contribution >= 4 is 27.3 Å². The maximum atomic E-state index is 13.2. The van der Waals surface area contributed by atoms with Gasteiger partial charge in [0.2, 0.25) is 10.0 Å². The van der Waals surface area contributed by atoms with Gasteiger partial charge in [-0.05, 0) is 42.3 Å². The number of anilines is 1. The molecule has 1 aliphatic heterocycles. The zero-order valence-corrected chi connectivity index (χ0v) is 15.7. The molecule has 1 fully saturated rings. The van der Waals surface area contributed by atoms with Crippen molar-refractivity contribution in [2.75, 3.05) is 37.7 Å². The van der Waals surface area contributed by atoms with Gasteiger partial charge >= 0.3 is 0 Å². The van der Waals surface area contributed by atoms with E-state index in [1.54, 1.807) is 0 Å². The minimum Gasteiger partial charge on any atom is -0.378 e. The number of sulfonamides is 1. The van der Waals surface area contributed by atoms with Crippen molar-refractivity contribution in [2.24, 2.45) is 0 Å². The first-order chi connectivity index (χ1) is 12.5. The molecule has 0 aromatic heterocycles. The van der Waals surface area contributed by atoms with E-state index < -0.39 is 15.8 Å². The van der Waals surface area contributed by atoms with E-state index in [0.29, 0.717) is 6.42 Å². The number of ether oxygens (including phenoxy) is 1. The first-order valence-corrected chi connectivity index (χ1v) is 10.2. The molecule has 5 nitrogen and oxygen atoms in total. The standard InChI is InChI=1S/C18H20ClFN2O3S/c19-17-13-16(5-6-18(17)20)26(23,24)21-8-7-14-1-3-15(4-2-14)22-9-11-25-12-10-22/h1-6,13,21H,7-12H2. The summed E-state index contributed by atoms with van der Waals surface area (Å²) in [5.74, 6) is -0.647. The summed E-state index contributed by atoms with van der Waals surface area (Å²) >= 11 is 5.65. The second-order valence-electron chi connectivity index (χ2n) is 5.99. The molecule has 0 spiro atoms. The van der Waals surface area contributed by atoms with Gasteiger partial charge in [-0.3, -0.25) is 0 Å². The Hall–Kier alpha value is -1.67. The highest BCUT2D eigenvalue weighted by Crippen LogP contribution is 2.20. The molecule has 0 bridgehead atoms. The molecule has 140 valence electrons. The highest BCUT2D eigenvalue weighted by molar-refractivity contribution is 7.89. The Morgan fingerprint density at radius 1 is 1.12 bits per heavy atom. The van der Waals surface area contributed by atoms with Crippen LogP contribution in [0.5, 0.6) is 0 Å². The first kappa shape index (κ1) is 19.1. The van der Waals surface area contributed by atoms with Crippen molar-refractivity contribution < 1.29 is 17.5 Å². The Bertz CT molecular complexity index is 853. The smallest absolute Gasteiger partial charge is 0.240 e. The molecule has 0 aliphatic carbocycles. The van der Waals surface area contributed by atoms with E-state index >= 15 is 0 Å². The van der Waals surface area contributed by atoms with Crippen molar-refractivity contribution in [3.8, 4) is 0 Å². The van der Waals surface area contributed by atoms with Gasteiger partial charge in [0.1, 0.15) is 5.82 Å². The predicted molar refractivity (Wildman–Crippen MR) is 99.8 cm³/mol. The van der Waals surface area contributed by atoms with E-state index in [-0.39, 0.29) is 16.5 Å². The molecular formula is C18H20ClFN2O3S. The summed E-state index contributed by atoms with van der Waals surface area (Å²) < 4.78 is 45.5. The average Bonchev–Trinajstić information content (AvgIpc) is 2.65. The van der Waals surface area contributed by atoms with Crippen molar-refractivity contribution in [3.05, 3.63) is 58.9 Å². The third-order valence-corrected chi connectivity index (χ3v) is 5.97. The van der Waals surface area contributed by atoms with Gasteiger partial charge in [0.05, 0.1) is 23.1 Å². The fourth-order valence-electron chi connectivity index (χ4n) is 2.75. The molecular weight excluding hydrogens is 379 g/mol. The average molecular weight is 399 g/mol. The monoisotopic (exact) mass is 398 g/mol. The Labute approximate surface area is 157 Å². The van der Waals surface area contributed by atoms with Crippen molar-refractivity contribution in [2.45, 2.75) is 11.3 Å². The molecule has 3 rings (SSSR count). The minimum atomic E-state index is -3.72. The lowest BCUT2D eigenvalue weighted by Gasteiger charge is -2.28. The first-order valence-electron chi connectivity index (χ1n) is 8.32. The van der Waals surface area contributed by atoms with Crippen LogP contribution >= 0.6 is 11.6 Å². The Kier molecular flexibility index (Phi) is 6.13. The number of hydrogen-bond donors (Lipinski definition) is 1. The Balaban J connectivity index is 1.56. The van der Waals surface area contributed by atoms with Crippen molar-refractivity contribution in [1.29, 1.82) is 0 Å². The molecule has 0 saturated carbocycles. The number of nitrogens with zero attached hydrogens (tertiary/aromatic N) is 1. The van der Waals surface area contributed by atoms with Crippen LogP contribution in [0.4, 0.5) is 10.1 Å². The molecule has 8 heteroatoms. The van der Waals surface area contributed by atoms with Gasteiger partial charge in [-0.15, -0.1) is 0 Å². The number of hydrogen-bond acceptors (Lipinski definition) is 4. The van der Waals surface area contributed by atoms with Gasteiger partial charge in [0.15, 0.2) is 0 Å². The van der Waals surface area contributed by atoms with Crippen LogP contribution in [0.2, 0.25) is 5.02 Å². The van der Waals surface area contributed by atoms with Crippen LogP contribution in [0.15, 0.2) is 47.4 Å².